The number of benzene rings is 3. The van der Waals surface area contributed by atoms with E-state index in [2.05, 4.69) is 31.9 Å². The molecule has 5 rings (SSSR count). The van der Waals surface area contributed by atoms with Gasteiger partial charge in [-0.3, -0.25) is 14.3 Å². The maximum Gasteiger partial charge on any atom is 0.256 e. The number of aromatic nitrogens is 2. The standard InChI is InChI=1S/C28H22N6O2/c1-4-18-7-5-8-20(15-18)27(36)30-25-17-24(31-34(25)3)19-11-13-23(14-12-19)29-26(35)21-9-6-10-22(16-21)28(2)32-33-28/h1,5-17H,2-3H3,(H,29,35)(H,30,36). The molecule has 2 N–H and O–H groups in total. The first-order valence-corrected chi connectivity index (χ1v) is 11.2. The fourth-order valence-corrected chi connectivity index (χ4v) is 3.74. The summed E-state index contributed by atoms with van der Waals surface area (Å²) in [6.07, 6.45) is 5.43. The summed E-state index contributed by atoms with van der Waals surface area (Å²) in [5, 5.41) is 18.3. The number of terminal acetylenes is 1. The topological polar surface area (TPSA) is 101 Å². The molecule has 8 heteroatoms. The Morgan fingerprint density at radius 3 is 2.25 bits per heavy atom. The minimum atomic E-state index is -0.537. The van der Waals surface area contributed by atoms with Crippen LogP contribution in [-0.4, -0.2) is 21.6 Å². The second-order valence-corrected chi connectivity index (χ2v) is 8.55. The van der Waals surface area contributed by atoms with E-state index in [-0.39, 0.29) is 11.8 Å². The highest BCUT2D eigenvalue weighted by Crippen LogP contribution is 2.38. The molecule has 0 saturated carbocycles. The number of hydrogen-bond acceptors (Lipinski definition) is 5. The molecule has 0 fully saturated rings. The number of aryl methyl sites for hydroxylation is 1. The molecular weight excluding hydrogens is 452 g/mol. The van der Waals surface area contributed by atoms with Gasteiger partial charge in [-0.2, -0.15) is 15.3 Å². The lowest BCUT2D eigenvalue weighted by Gasteiger charge is -2.09. The summed E-state index contributed by atoms with van der Waals surface area (Å²) in [7, 11) is 1.75. The molecule has 0 unspecified atom stereocenters. The van der Waals surface area contributed by atoms with Crippen LogP contribution in [0.5, 0.6) is 0 Å². The van der Waals surface area contributed by atoms with E-state index in [0.29, 0.717) is 33.9 Å². The second-order valence-electron chi connectivity index (χ2n) is 8.55. The third-order valence-corrected chi connectivity index (χ3v) is 5.92. The zero-order chi connectivity index (χ0) is 25.3. The largest absolute Gasteiger partial charge is 0.322 e. The van der Waals surface area contributed by atoms with Crippen molar-refractivity contribution in [1.82, 2.24) is 9.78 Å². The fourth-order valence-electron chi connectivity index (χ4n) is 3.74. The van der Waals surface area contributed by atoms with Gasteiger partial charge in [-0.15, -0.1) is 6.42 Å². The molecule has 0 aliphatic carbocycles. The smallest absolute Gasteiger partial charge is 0.256 e. The molecule has 8 nitrogen and oxygen atoms in total. The van der Waals surface area contributed by atoms with Gasteiger partial charge in [0.2, 0.25) is 5.66 Å². The van der Waals surface area contributed by atoms with Gasteiger partial charge < -0.3 is 10.6 Å². The maximum atomic E-state index is 12.7. The SMILES string of the molecule is C#Cc1cccc(C(=O)Nc2cc(-c3ccc(NC(=O)c4cccc(C5(C)N=N5)c4)cc3)nn2C)c1. The third-order valence-electron chi connectivity index (χ3n) is 5.92. The van der Waals surface area contributed by atoms with Crippen LogP contribution in [0.3, 0.4) is 0 Å². The maximum absolute atomic E-state index is 12.7. The van der Waals surface area contributed by atoms with Crippen molar-refractivity contribution in [3.8, 4) is 23.6 Å². The number of nitrogens with zero attached hydrogens (tertiary/aromatic N) is 4. The summed E-state index contributed by atoms with van der Waals surface area (Å²) in [6, 6.07) is 23.3. The highest BCUT2D eigenvalue weighted by atomic mass is 16.2. The van der Waals surface area contributed by atoms with E-state index in [0.717, 1.165) is 11.1 Å². The van der Waals surface area contributed by atoms with Crippen LogP contribution >= 0.6 is 0 Å². The zero-order valence-electron chi connectivity index (χ0n) is 19.7. The van der Waals surface area contributed by atoms with Crippen molar-refractivity contribution in [3.05, 3.63) is 101 Å². The summed E-state index contributed by atoms with van der Waals surface area (Å²) in [6.45, 7) is 1.90. The molecule has 36 heavy (non-hydrogen) atoms. The molecule has 4 aromatic rings. The molecule has 2 amide bonds. The number of anilines is 2. The van der Waals surface area contributed by atoms with Crippen LogP contribution in [0.1, 0.15) is 38.8 Å². The van der Waals surface area contributed by atoms with Crippen molar-refractivity contribution in [2.75, 3.05) is 10.6 Å². The molecule has 176 valence electrons. The number of amides is 2. The number of carbonyl (C=O) groups excluding carboxylic acids is 2. The van der Waals surface area contributed by atoms with Crippen LogP contribution in [-0.2, 0) is 12.7 Å². The number of nitrogens with one attached hydrogen (secondary N) is 2. The molecule has 3 aromatic carbocycles. The van der Waals surface area contributed by atoms with Crippen molar-refractivity contribution in [2.45, 2.75) is 12.6 Å². The van der Waals surface area contributed by atoms with E-state index in [1.54, 1.807) is 54.2 Å². The van der Waals surface area contributed by atoms with Gasteiger partial charge >= 0.3 is 0 Å². The summed E-state index contributed by atoms with van der Waals surface area (Å²) in [5.74, 6) is 2.58. The van der Waals surface area contributed by atoms with E-state index in [1.807, 2.05) is 43.3 Å². The molecule has 0 atom stereocenters. The Hall–Kier alpha value is -5.03. The van der Waals surface area contributed by atoms with Gasteiger partial charge in [0.1, 0.15) is 5.82 Å². The highest BCUT2D eigenvalue weighted by molar-refractivity contribution is 6.05. The Bertz CT molecular complexity index is 1550. The first-order chi connectivity index (χ1) is 17.3. The van der Waals surface area contributed by atoms with E-state index in [9.17, 15) is 9.59 Å². The van der Waals surface area contributed by atoms with Crippen LogP contribution < -0.4 is 10.6 Å². The third kappa shape index (κ3) is 4.63. The monoisotopic (exact) mass is 474 g/mol. The van der Waals surface area contributed by atoms with Crippen LogP contribution in [0.2, 0.25) is 0 Å². The molecule has 1 aliphatic heterocycles. The summed E-state index contributed by atoms with van der Waals surface area (Å²) in [4.78, 5) is 25.4. The van der Waals surface area contributed by atoms with Gasteiger partial charge in [0.15, 0.2) is 0 Å². The first kappa shape index (κ1) is 22.7. The average Bonchev–Trinajstić information content (AvgIpc) is 3.56. The predicted octanol–water partition coefficient (Wildman–Crippen LogP) is 5.21. The Morgan fingerprint density at radius 2 is 1.56 bits per heavy atom. The normalized spacial score (nSPS) is 13.0. The van der Waals surface area contributed by atoms with E-state index in [1.165, 1.54) is 0 Å². The van der Waals surface area contributed by atoms with Gasteiger partial charge in [0.25, 0.3) is 11.8 Å². The quantitative estimate of drug-likeness (QED) is 0.375. The number of carbonyl (C=O) groups is 2. The van der Waals surface area contributed by atoms with Gasteiger partial charge in [0, 0.05) is 46.6 Å². The predicted molar refractivity (Wildman–Crippen MR) is 138 cm³/mol. The molecule has 1 aliphatic rings. The highest BCUT2D eigenvalue weighted by Gasteiger charge is 2.36. The molecule has 0 saturated heterocycles. The van der Waals surface area contributed by atoms with Gasteiger partial charge in [-0.1, -0.05) is 36.3 Å². The fraction of sp³-hybridized carbons (Fsp3) is 0.107. The lowest BCUT2D eigenvalue weighted by atomic mass is 10.0. The van der Waals surface area contributed by atoms with Gasteiger partial charge in [-0.05, 0) is 49.4 Å². The lowest BCUT2D eigenvalue weighted by Crippen LogP contribution is -2.14. The summed E-state index contributed by atoms with van der Waals surface area (Å²) in [5.41, 5.74) is 4.15. The van der Waals surface area contributed by atoms with Crippen LogP contribution in [0, 0.1) is 12.3 Å². The Labute approximate surface area is 208 Å². The van der Waals surface area contributed by atoms with Gasteiger partial charge in [0.05, 0.1) is 5.69 Å². The van der Waals surface area contributed by atoms with E-state index < -0.39 is 5.66 Å². The van der Waals surface area contributed by atoms with Crippen molar-refractivity contribution in [1.29, 1.82) is 0 Å². The molecule has 0 radical (unpaired) electrons. The second kappa shape index (κ2) is 8.96. The van der Waals surface area contributed by atoms with Crippen LogP contribution in [0.4, 0.5) is 11.5 Å². The molecule has 2 heterocycles. The minimum Gasteiger partial charge on any atom is -0.322 e. The van der Waals surface area contributed by atoms with Crippen LogP contribution in [0.15, 0.2) is 89.1 Å². The number of hydrogen-bond donors (Lipinski definition) is 2. The van der Waals surface area contributed by atoms with E-state index in [4.69, 9.17) is 6.42 Å². The number of rotatable bonds is 6. The zero-order valence-corrected chi connectivity index (χ0v) is 19.7. The van der Waals surface area contributed by atoms with Crippen LogP contribution in [0.25, 0.3) is 11.3 Å². The summed E-state index contributed by atoms with van der Waals surface area (Å²) < 4.78 is 1.60. The first-order valence-electron chi connectivity index (χ1n) is 11.2. The summed E-state index contributed by atoms with van der Waals surface area (Å²) >= 11 is 0. The lowest BCUT2D eigenvalue weighted by molar-refractivity contribution is 0.101. The Morgan fingerprint density at radius 1 is 0.889 bits per heavy atom. The minimum absolute atomic E-state index is 0.217. The average molecular weight is 475 g/mol. The molecular formula is C28H22N6O2. The van der Waals surface area contributed by atoms with Crippen molar-refractivity contribution >= 4 is 23.3 Å². The van der Waals surface area contributed by atoms with Crippen molar-refractivity contribution < 1.29 is 9.59 Å². The van der Waals surface area contributed by atoms with Crippen molar-refractivity contribution in [3.63, 3.8) is 0 Å². The molecule has 0 bridgehead atoms. The molecule has 1 aromatic heterocycles. The Kier molecular flexibility index (Phi) is 5.66. The van der Waals surface area contributed by atoms with E-state index >= 15 is 0 Å². The van der Waals surface area contributed by atoms with Crippen molar-refractivity contribution in [2.24, 2.45) is 17.3 Å². The molecule has 0 spiro atoms. The van der Waals surface area contributed by atoms with Gasteiger partial charge in [-0.25, -0.2) is 0 Å². The Balaban J connectivity index is 1.27.